The molecule has 0 bridgehead atoms. The lowest BCUT2D eigenvalue weighted by atomic mass is 9.97. The van der Waals surface area contributed by atoms with Gasteiger partial charge in [-0.15, -0.1) is 0 Å². The van der Waals surface area contributed by atoms with Crippen molar-refractivity contribution >= 4 is 21.5 Å². The number of benzene rings is 3. The molecule has 0 amide bonds. The maximum atomic E-state index is 9.08. The van der Waals surface area contributed by atoms with Gasteiger partial charge >= 0.3 is 0 Å². The van der Waals surface area contributed by atoms with Gasteiger partial charge in [-0.05, 0) is 45.5 Å². The van der Waals surface area contributed by atoms with Crippen molar-refractivity contribution in [1.82, 2.24) is 0 Å². The molecular formula is C18H18O2. The van der Waals surface area contributed by atoms with E-state index >= 15 is 0 Å². The van der Waals surface area contributed by atoms with Crippen molar-refractivity contribution < 1.29 is 10.2 Å². The molecule has 3 aromatic carbocycles. The molecule has 3 rings (SSSR count). The summed E-state index contributed by atoms with van der Waals surface area (Å²) in [7, 11) is 0. The summed E-state index contributed by atoms with van der Waals surface area (Å²) in [5.74, 6) is 0. The van der Waals surface area contributed by atoms with Crippen molar-refractivity contribution in [1.29, 1.82) is 0 Å². The molecule has 0 atom stereocenters. The molecule has 0 fully saturated rings. The van der Waals surface area contributed by atoms with Crippen LogP contribution >= 0.6 is 0 Å². The van der Waals surface area contributed by atoms with Crippen LogP contribution in [0.15, 0.2) is 48.5 Å². The van der Waals surface area contributed by atoms with Crippen LogP contribution in [0.25, 0.3) is 21.5 Å². The molecule has 0 saturated heterocycles. The van der Waals surface area contributed by atoms with E-state index in [-0.39, 0.29) is 13.2 Å². The molecule has 0 saturated carbocycles. The van der Waals surface area contributed by atoms with Crippen LogP contribution in [-0.4, -0.2) is 23.4 Å². The summed E-state index contributed by atoms with van der Waals surface area (Å²) in [6.45, 7) is 0.358. The Morgan fingerprint density at radius 3 is 1.95 bits per heavy atom. The summed E-state index contributed by atoms with van der Waals surface area (Å²) in [6.07, 6.45) is 1.38. The Morgan fingerprint density at radius 2 is 1.20 bits per heavy atom. The topological polar surface area (TPSA) is 40.5 Å². The highest BCUT2D eigenvalue weighted by atomic mass is 16.3. The first-order chi connectivity index (χ1) is 9.81. The second kappa shape index (κ2) is 5.61. The van der Waals surface area contributed by atoms with E-state index in [1.807, 2.05) is 0 Å². The molecule has 2 N–H and O–H groups in total. The van der Waals surface area contributed by atoms with E-state index in [0.717, 1.165) is 11.1 Å². The maximum Gasteiger partial charge on any atom is 0.0471 e. The molecular weight excluding hydrogens is 248 g/mol. The standard InChI is InChI=1S/C18H18O2/c19-9-7-13-2-6-17-16(11-13)5-4-15-3-1-14(8-10-20)12-18(15)17/h1-6,11-12,19-20H,7-10H2. The molecule has 2 heteroatoms. The SMILES string of the molecule is OCCc1ccc2c(ccc3ccc(CCO)cc32)c1. The van der Waals surface area contributed by atoms with E-state index in [1.54, 1.807) is 0 Å². The van der Waals surface area contributed by atoms with Crippen LogP contribution in [-0.2, 0) is 12.8 Å². The Labute approximate surface area is 118 Å². The summed E-state index contributed by atoms with van der Waals surface area (Å²) in [6, 6.07) is 17.0. The third-order valence-corrected chi connectivity index (χ3v) is 3.77. The van der Waals surface area contributed by atoms with Crippen molar-refractivity contribution in [3.8, 4) is 0 Å². The number of hydrogen-bond acceptors (Lipinski definition) is 2. The lowest BCUT2D eigenvalue weighted by Gasteiger charge is -2.08. The van der Waals surface area contributed by atoms with Gasteiger partial charge in [0.05, 0.1) is 0 Å². The zero-order valence-corrected chi connectivity index (χ0v) is 11.3. The van der Waals surface area contributed by atoms with Crippen LogP contribution in [0.4, 0.5) is 0 Å². The van der Waals surface area contributed by atoms with E-state index < -0.39 is 0 Å². The van der Waals surface area contributed by atoms with Gasteiger partial charge in [-0.2, -0.15) is 0 Å². The first kappa shape index (κ1) is 13.1. The Hall–Kier alpha value is -1.90. The Balaban J connectivity index is 2.19. The summed E-state index contributed by atoms with van der Waals surface area (Å²) < 4.78 is 0. The second-order valence-electron chi connectivity index (χ2n) is 5.12. The first-order valence-electron chi connectivity index (χ1n) is 6.98. The normalized spacial score (nSPS) is 11.3. The summed E-state index contributed by atoms with van der Waals surface area (Å²) in [5.41, 5.74) is 2.32. The molecule has 0 radical (unpaired) electrons. The van der Waals surface area contributed by atoms with Crippen molar-refractivity contribution in [2.75, 3.05) is 13.2 Å². The average molecular weight is 266 g/mol. The van der Waals surface area contributed by atoms with Crippen LogP contribution in [0.1, 0.15) is 11.1 Å². The van der Waals surface area contributed by atoms with Gasteiger partial charge in [-0.1, -0.05) is 48.5 Å². The molecule has 3 aromatic rings. The molecule has 0 spiro atoms. The molecule has 0 unspecified atom stereocenters. The lowest BCUT2D eigenvalue weighted by Crippen LogP contribution is -1.92. The smallest absolute Gasteiger partial charge is 0.0471 e. The highest BCUT2D eigenvalue weighted by molar-refractivity contribution is 6.07. The minimum atomic E-state index is 0.178. The van der Waals surface area contributed by atoms with E-state index in [4.69, 9.17) is 10.2 Å². The van der Waals surface area contributed by atoms with E-state index in [2.05, 4.69) is 48.5 Å². The van der Waals surface area contributed by atoms with Gasteiger partial charge in [0.15, 0.2) is 0 Å². The van der Waals surface area contributed by atoms with E-state index in [9.17, 15) is 0 Å². The van der Waals surface area contributed by atoms with Gasteiger partial charge in [0, 0.05) is 13.2 Å². The minimum Gasteiger partial charge on any atom is -0.396 e. The zero-order chi connectivity index (χ0) is 13.9. The highest BCUT2D eigenvalue weighted by Gasteiger charge is 2.03. The lowest BCUT2D eigenvalue weighted by molar-refractivity contribution is 0.299. The zero-order valence-electron chi connectivity index (χ0n) is 11.3. The number of fused-ring (bicyclic) bond motifs is 3. The van der Waals surface area contributed by atoms with Crippen LogP contribution in [0.3, 0.4) is 0 Å². The Morgan fingerprint density at radius 1 is 0.600 bits per heavy atom. The van der Waals surface area contributed by atoms with Crippen LogP contribution < -0.4 is 0 Å². The van der Waals surface area contributed by atoms with Crippen molar-refractivity contribution in [2.45, 2.75) is 12.8 Å². The van der Waals surface area contributed by atoms with E-state index in [0.29, 0.717) is 12.8 Å². The van der Waals surface area contributed by atoms with Gasteiger partial charge in [0.1, 0.15) is 0 Å². The van der Waals surface area contributed by atoms with Gasteiger partial charge in [-0.25, -0.2) is 0 Å². The Bertz CT molecular complexity index is 747. The third-order valence-electron chi connectivity index (χ3n) is 3.77. The maximum absolute atomic E-state index is 9.08. The van der Waals surface area contributed by atoms with Gasteiger partial charge in [0.25, 0.3) is 0 Å². The van der Waals surface area contributed by atoms with Gasteiger partial charge in [0.2, 0.25) is 0 Å². The monoisotopic (exact) mass is 266 g/mol. The predicted octanol–water partition coefficient (Wildman–Crippen LogP) is 3.06. The predicted molar refractivity (Wildman–Crippen MR) is 83.0 cm³/mol. The molecule has 102 valence electrons. The fraction of sp³-hybridized carbons (Fsp3) is 0.222. The molecule has 0 aromatic heterocycles. The van der Waals surface area contributed by atoms with Gasteiger partial charge < -0.3 is 10.2 Å². The molecule has 0 aliphatic rings. The molecule has 0 aliphatic heterocycles. The summed E-state index contributed by atoms with van der Waals surface area (Å²) >= 11 is 0. The van der Waals surface area contributed by atoms with Crippen molar-refractivity contribution in [3.05, 3.63) is 59.7 Å². The third kappa shape index (κ3) is 2.40. The van der Waals surface area contributed by atoms with Crippen molar-refractivity contribution in [2.24, 2.45) is 0 Å². The number of aliphatic hydroxyl groups is 2. The molecule has 0 aliphatic carbocycles. The summed E-state index contributed by atoms with van der Waals surface area (Å²) in [5, 5.41) is 23.0. The molecule has 2 nitrogen and oxygen atoms in total. The van der Waals surface area contributed by atoms with E-state index in [1.165, 1.54) is 21.5 Å². The fourth-order valence-corrected chi connectivity index (χ4v) is 2.73. The molecule has 20 heavy (non-hydrogen) atoms. The summed E-state index contributed by atoms with van der Waals surface area (Å²) in [4.78, 5) is 0. The fourth-order valence-electron chi connectivity index (χ4n) is 2.73. The number of rotatable bonds is 4. The first-order valence-corrected chi connectivity index (χ1v) is 6.98. The number of hydrogen-bond donors (Lipinski definition) is 2. The van der Waals surface area contributed by atoms with Crippen molar-refractivity contribution in [3.63, 3.8) is 0 Å². The average Bonchev–Trinajstić information content (AvgIpc) is 2.47. The number of aliphatic hydroxyl groups excluding tert-OH is 2. The van der Waals surface area contributed by atoms with Gasteiger partial charge in [-0.3, -0.25) is 0 Å². The Kier molecular flexibility index (Phi) is 3.68. The van der Waals surface area contributed by atoms with Crippen LogP contribution in [0.5, 0.6) is 0 Å². The molecule has 0 heterocycles. The largest absolute Gasteiger partial charge is 0.396 e. The van der Waals surface area contributed by atoms with Crippen LogP contribution in [0.2, 0.25) is 0 Å². The second-order valence-corrected chi connectivity index (χ2v) is 5.12. The minimum absolute atomic E-state index is 0.178. The highest BCUT2D eigenvalue weighted by Crippen LogP contribution is 2.27. The van der Waals surface area contributed by atoms with Crippen LogP contribution in [0, 0.1) is 0 Å². The quantitative estimate of drug-likeness (QED) is 0.712.